The van der Waals surface area contributed by atoms with Gasteiger partial charge in [-0.3, -0.25) is 4.79 Å². The lowest BCUT2D eigenvalue weighted by atomic mass is 10.1. The highest BCUT2D eigenvalue weighted by Gasteiger charge is 2.23. The van der Waals surface area contributed by atoms with E-state index < -0.39 is 0 Å². The normalized spacial score (nSPS) is 18.6. The zero-order chi connectivity index (χ0) is 15.2. The number of carbonyl (C=O) groups excluding carboxylic acids is 1. The summed E-state index contributed by atoms with van der Waals surface area (Å²) in [6.07, 6.45) is 2.00. The molecule has 1 heterocycles. The van der Waals surface area contributed by atoms with Crippen molar-refractivity contribution in [2.24, 2.45) is 0 Å². The summed E-state index contributed by atoms with van der Waals surface area (Å²) in [6, 6.07) is 8.09. The van der Waals surface area contributed by atoms with Crippen LogP contribution in [0.5, 0.6) is 5.75 Å². The van der Waals surface area contributed by atoms with Crippen LogP contribution in [0.2, 0.25) is 0 Å². The fourth-order valence-electron chi connectivity index (χ4n) is 2.68. The van der Waals surface area contributed by atoms with E-state index in [1.165, 1.54) is 0 Å². The molecule has 0 spiro atoms. The summed E-state index contributed by atoms with van der Waals surface area (Å²) >= 11 is 0. The van der Waals surface area contributed by atoms with Crippen LogP contribution in [0.4, 0.5) is 0 Å². The molecule has 2 rings (SSSR count). The first-order chi connectivity index (χ1) is 10.1. The molecule has 124 valence electrons. The number of hydrogen-bond acceptors (Lipinski definition) is 4. The maximum absolute atomic E-state index is 12.1. The van der Waals surface area contributed by atoms with E-state index in [2.05, 4.69) is 21.6 Å². The van der Waals surface area contributed by atoms with E-state index in [1.54, 1.807) is 7.11 Å². The van der Waals surface area contributed by atoms with Crippen LogP contribution in [0.25, 0.3) is 0 Å². The highest BCUT2D eigenvalue weighted by Crippen LogP contribution is 2.22. The van der Waals surface area contributed by atoms with Crippen molar-refractivity contribution in [3.8, 4) is 5.75 Å². The molecule has 0 saturated carbocycles. The highest BCUT2D eigenvalue weighted by atomic mass is 35.5. The third-order valence-electron chi connectivity index (χ3n) is 3.95. The molecule has 2 atom stereocenters. The van der Waals surface area contributed by atoms with E-state index in [4.69, 9.17) is 4.74 Å². The maximum atomic E-state index is 12.1. The van der Waals surface area contributed by atoms with Gasteiger partial charge in [-0.1, -0.05) is 12.1 Å². The molecule has 0 aromatic heterocycles. The summed E-state index contributed by atoms with van der Waals surface area (Å²) in [5.74, 6) is 0.936. The molecule has 22 heavy (non-hydrogen) atoms. The van der Waals surface area contributed by atoms with E-state index in [0.717, 1.165) is 30.7 Å². The number of halogens is 1. The minimum absolute atomic E-state index is 0. The number of hydrogen-bond donors (Lipinski definition) is 2. The number of benzene rings is 1. The van der Waals surface area contributed by atoms with Gasteiger partial charge in [-0.05, 0) is 51.2 Å². The third-order valence-corrected chi connectivity index (χ3v) is 3.95. The number of carbonyl (C=O) groups is 1. The number of rotatable bonds is 6. The fourth-order valence-corrected chi connectivity index (χ4v) is 2.68. The van der Waals surface area contributed by atoms with Crippen LogP contribution >= 0.6 is 12.4 Å². The van der Waals surface area contributed by atoms with Crippen molar-refractivity contribution in [1.29, 1.82) is 0 Å². The molecule has 6 heteroatoms. The molecule has 0 bridgehead atoms. The molecule has 1 aromatic rings. The molecule has 1 saturated heterocycles. The zero-order valence-electron chi connectivity index (χ0n) is 13.5. The van der Waals surface area contributed by atoms with Gasteiger partial charge in [0.05, 0.1) is 19.2 Å². The van der Waals surface area contributed by atoms with Crippen LogP contribution in [-0.2, 0) is 4.79 Å². The average molecular weight is 328 g/mol. The van der Waals surface area contributed by atoms with Crippen LogP contribution in [0, 0.1) is 0 Å². The number of methoxy groups -OCH3 is 1. The van der Waals surface area contributed by atoms with Crippen LogP contribution < -0.4 is 15.4 Å². The van der Waals surface area contributed by atoms with E-state index >= 15 is 0 Å². The van der Waals surface area contributed by atoms with E-state index in [9.17, 15) is 4.79 Å². The van der Waals surface area contributed by atoms with Crippen molar-refractivity contribution in [3.05, 3.63) is 29.8 Å². The molecule has 2 unspecified atom stereocenters. The Kier molecular flexibility index (Phi) is 7.65. The lowest BCUT2D eigenvalue weighted by Crippen LogP contribution is -2.43. The van der Waals surface area contributed by atoms with Crippen molar-refractivity contribution in [3.63, 3.8) is 0 Å². The molecular weight excluding hydrogens is 302 g/mol. The first-order valence-electron chi connectivity index (χ1n) is 7.43. The quantitative estimate of drug-likeness (QED) is 0.833. The summed E-state index contributed by atoms with van der Waals surface area (Å²) in [4.78, 5) is 14.2. The Balaban J connectivity index is 0.00000242. The second-order valence-corrected chi connectivity index (χ2v) is 5.65. The number of nitrogens with zero attached hydrogens (tertiary/aromatic N) is 1. The number of likely N-dealkylation sites (N-methyl/N-ethyl adjacent to an activating group) is 1. The van der Waals surface area contributed by atoms with Gasteiger partial charge in [-0.25, -0.2) is 0 Å². The first kappa shape index (κ1) is 18.7. The smallest absolute Gasteiger partial charge is 0.237 e. The van der Waals surface area contributed by atoms with Crippen molar-refractivity contribution < 1.29 is 9.53 Å². The minimum atomic E-state index is -0.0295. The molecule has 0 aliphatic carbocycles. The van der Waals surface area contributed by atoms with Gasteiger partial charge in [0.1, 0.15) is 5.75 Å². The van der Waals surface area contributed by atoms with Gasteiger partial charge >= 0.3 is 0 Å². The first-order valence-corrected chi connectivity index (χ1v) is 7.43. The molecule has 1 fully saturated rings. The molecular formula is C16H26ClN3O2. The van der Waals surface area contributed by atoms with Crippen LogP contribution in [0.3, 0.4) is 0 Å². The Bertz CT molecular complexity index is 476. The summed E-state index contributed by atoms with van der Waals surface area (Å²) in [5, 5.41) is 6.28. The molecule has 1 aliphatic heterocycles. The van der Waals surface area contributed by atoms with E-state index in [0.29, 0.717) is 6.54 Å². The van der Waals surface area contributed by atoms with E-state index in [1.807, 2.05) is 32.3 Å². The van der Waals surface area contributed by atoms with Crippen molar-refractivity contribution in [2.45, 2.75) is 24.9 Å². The Morgan fingerprint density at radius 2 is 2.27 bits per heavy atom. The standard InChI is InChI=1S/C16H25N3O2.ClH/c1-19(2)15(12-6-4-7-13(10-12)21-3)11-18-16(20)14-8-5-9-17-14;/h4,6-7,10,14-15,17H,5,8-9,11H2,1-3H3,(H,18,20);1H. The number of amides is 1. The summed E-state index contributed by atoms with van der Waals surface area (Å²) < 4.78 is 5.28. The van der Waals surface area contributed by atoms with Crippen LogP contribution in [0.1, 0.15) is 24.4 Å². The molecule has 1 amide bonds. The fraction of sp³-hybridized carbons (Fsp3) is 0.562. The van der Waals surface area contributed by atoms with Gasteiger partial charge in [0, 0.05) is 6.54 Å². The predicted octanol–water partition coefficient (Wildman–Crippen LogP) is 1.59. The second kappa shape index (κ2) is 8.98. The van der Waals surface area contributed by atoms with Crippen molar-refractivity contribution in [2.75, 3.05) is 34.3 Å². The van der Waals surface area contributed by atoms with Gasteiger partial charge in [-0.2, -0.15) is 0 Å². The van der Waals surface area contributed by atoms with Crippen LogP contribution in [0.15, 0.2) is 24.3 Å². The largest absolute Gasteiger partial charge is 0.497 e. The van der Waals surface area contributed by atoms with Crippen molar-refractivity contribution >= 4 is 18.3 Å². The van der Waals surface area contributed by atoms with Gasteiger partial charge in [0.15, 0.2) is 0 Å². The van der Waals surface area contributed by atoms with Gasteiger partial charge in [0.25, 0.3) is 0 Å². The second-order valence-electron chi connectivity index (χ2n) is 5.65. The topological polar surface area (TPSA) is 53.6 Å². The Morgan fingerprint density at radius 1 is 1.50 bits per heavy atom. The number of nitrogens with one attached hydrogen (secondary N) is 2. The SMILES string of the molecule is COc1cccc(C(CNC(=O)C2CCCN2)N(C)C)c1.Cl. The molecule has 1 aliphatic rings. The monoisotopic (exact) mass is 327 g/mol. The Morgan fingerprint density at radius 3 is 2.86 bits per heavy atom. The molecule has 5 nitrogen and oxygen atoms in total. The van der Waals surface area contributed by atoms with Crippen molar-refractivity contribution in [1.82, 2.24) is 15.5 Å². The van der Waals surface area contributed by atoms with Gasteiger partial charge < -0.3 is 20.3 Å². The predicted molar refractivity (Wildman–Crippen MR) is 90.7 cm³/mol. The maximum Gasteiger partial charge on any atom is 0.237 e. The summed E-state index contributed by atoms with van der Waals surface area (Å²) in [5.41, 5.74) is 1.14. The Hall–Kier alpha value is -1.30. The van der Waals surface area contributed by atoms with E-state index in [-0.39, 0.29) is 30.4 Å². The highest BCUT2D eigenvalue weighted by molar-refractivity contribution is 5.85. The summed E-state index contributed by atoms with van der Waals surface area (Å²) in [7, 11) is 5.70. The zero-order valence-corrected chi connectivity index (χ0v) is 14.3. The van der Waals surface area contributed by atoms with Gasteiger partial charge in [-0.15, -0.1) is 12.4 Å². The summed E-state index contributed by atoms with van der Waals surface area (Å²) in [6.45, 7) is 1.53. The molecule has 2 N–H and O–H groups in total. The molecule has 1 aromatic carbocycles. The average Bonchev–Trinajstić information content (AvgIpc) is 3.01. The lowest BCUT2D eigenvalue weighted by Gasteiger charge is -2.26. The van der Waals surface area contributed by atoms with Crippen LogP contribution in [-0.4, -0.2) is 51.1 Å². The van der Waals surface area contributed by atoms with Gasteiger partial charge in [0.2, 0.25) is 5.91 Å². The third kappa shape index (κ3) is 4.87. The number of ether oxygens (including phenoxy) is 1. The lowest BCUT2D eigenvalue weighted by molar-refractivity contribution is -0.123. The molecule has 0 radical (unpaired) electrons. The minimum Gasteiger partial charge on any atom is -0.497 e. The Labute approximate surface area is 138 Å².